The first-order chi connectivity index (χ1) is 10.4. The zero-order valence-electron chi connectivity index (χ0n) is 14.0. The molecule has 0 radical (unpaired) electrons. The van der Waals surface area contributed by atoms with E-state index < -0.39 is 10.0 Å². The molecule has 126 valence electrons. The molecule has 0 saturated carbocycles. The van der Waals surface area contributed by atoms with Crippen molar-refractivity contribution >= 4 is 10.0 Å². The third-order valence-corrected chi connectivity index (χ3v) is 6.91. The van der Waals surface area contributed by atoms with Gasteiger partial charge < -0.3 is 9.73 Å². The second-order valence-electron chi connectivity index (χ2n) is 6.42. The first kappa shape index (κ1) is 17.5. The van der Waals surface area contributed by atoms with Crippen molar-refractivity contribution in [2.24, 2.45) is 5.92 Å². The Hall–Kier alpha value is -0.850. The molecular weight excluding hydrogens is 300 g/mol. The van der Waals surface area contributed by atoms with E-state index in [1.165, 1.54) is 0 Å². The highest BCUT2D eigenvalue weighted by Crippen LogP contribution is 2.24. The molecule has 1 aromatic rings. The summed E-state index contributed by atoms with van der Waals surface area (Å²) in [6.07, 6.45) is 3.53. The van der Waals surface area contributed by atoms with Crippen LogP contribution in [0.2, 0.25) is 0 Å². The second kappa shape index (κ2) is 7.15. The number of nitrogens with zero attached hydrogens (tertiary/aromatic N) is 1. The van der Waals surface area contributed by atoms with Gasteiger partial charge >= 0.3 is 0 Å². The number of sulfonamides is 1. The molecule has 1 N–H and O–H groups in total. The molecule has 22 heavy (non-hydrogen) atoms. The molecule has 0 bridgehead atoms. The maximum atomic E-state index is 12.3. The lowest BCUT2D eigenvalue weighted by Gasteiger charge is -2.38. The smallest absolute Gasteiger partial charge is 0.216 e. The maximum Gasteiger partial charge on any atom is 0.216 e. The Kier molecular flexibility index (Phi) is 5.69. The number of piperidine rings is 1. The summed E-state index contributed by atoms with van der Waals surface area (Å²) in [6.45, 7) is 9.59. The van der Waals surface area contributed by atoms with Crippen LogP contribution in [0.1, 0.15) is 44.9 Å². The Bertz CT molecular complexity index is 580. The molecule has 5 nitrogen and oxygen atoms in total. The van der Waals surface area contributed by atoms with E-state index in [0.717, 1.165) is 24.2 Å². The van der Waals surface area contributed by atoms with Crippen molar-refractivity contribution in [1.29, 1.82) is 0 Å². The minimum Gasteiger partial charge on any atom is -0.468 e. The fraction of sp³-hybridized carbons (Fsp3) is 0.750. The molecule has 1 saturated heterocycles. The minimum absolute atomic E-state index is 0.341. The Morgan fingerprint density at radius 2 is 2.18 bits per heavy atom. The van der Waals surface area contributed by atoms with Gasteiger partial charge in [0.25, 0.3) is 0 Å². The number of rotatable bonds is 6. The van der Waals surface area contributed by atoms with E-state index in [1.54, 1.807) is 24.4 Å². The van der Waals surface area contributed by atoms with Crippen LogP contribution in [-0.2, 0) is 16.6 Å². The molecule has 1 fully saturated rings. The average molecular weight is 328 g/mol. The highest BCUT2D eigenvalue weighted by atomic mass is 32.2. The van der Waals surface area contributed by atoms with Crippen molar-refractivity contribution < 1.29 is 12.8 Å². The van der Waals surface area contributed by atoms with Crippen LogP contribution in [0, 0.1) is 12.8 Å². The van der Waals surface area contributed by atoms with Gasteiger partial charge in [-0.25, -0.2) is 12.7 Å². The third-order valence-electron chi connectivity index (χ3n) is 4.67. The molecule has 0 aliphatic carbocycles. The van der Waals surface area contributed by atoms with Crippen molar-refractivity contribution in [3.63, 3.8) is 0 Å². The Morgan fingerprint density at radius 1 is 1.45 bits per heavy atom. The van der Waals surface area contributed by atoms with Crippen molar-refractivity contribution in [2.45, 2.75) is 58.4 Å². The van der Waals surface area contributed by atoms with Gasteiger partial charge in [0.1, 0.15) is 5.76 Å². The van der Waals surface area contributed by atoms with Crippen LogP contribution in [0.3, 0.4) is 0 Å². The average Bonchev–Trinajstić information content (AvgIpc) is 2.90. The highest BCUT2D eigenvalue weighted by Gasteiger charge is 2.35. The minimum atomic E-state index is -3.14. The standard InChI is InChI=1S/C16H28N2O3S/c1-5-14-11-18(22(19,20)12(2)3)8-6-15(14)17-10-16-13(4)7-9-21-16/h7,9,12,14-15,17H,5-6,8,10-11H2,1-4H3/t14-,15-/m0/s1. The summed E-state index contributed by atoms with van der Waals surface area (Å²) in [4.78, 5) is 0. The lowest BCUT2D eigenvalue weighted by Crippen LogP contribution is -2.51. The zero-order valence-corrected chi connectivity index (χ0v) is 14.8. The maximum absolute atomic E-state index is 12.3. The Labute approximate surface area is 134 Å². The summed E-state index contributed by atoms with van der Waals surface area (Å²) in [5.74, 6) is 1.31. The molecule has 0 unspecified atom stereocenters. The first-order valence-electron chi connectivity index (χ1n) is 8.11. The number of furan rings is 1. The third kappa shape index (κ3) is 3.73. The lowest BCUT2D eigenvalue weighted by atomic mass is 9.91. The summed E-state index contributed by atoms with van der Waals surface area (Å²) in [7, 11) is -3.14. The normalized spacial score (nSPS) is 24.0. The summed E-state index contributed by atoms with van der Waals surface area (Å²) < 4.78 is 31.8. The van der Waals surface area contributed by atoms with E-state index >= 15 is 0 Å². The van der Waals surface area contributed by atoms with Gasteiger partial charge in [-0.1, -0.05) is 13.3 Å². The molecule has 6 heteroatoms. The summed E-state index contributed by atoms with van der Waals surface area (Å²) in [5, 5.41) is 3.20. The van der Waals surface area contributed by atoms with E-state index in [4.69, 9.17) is 4.42 Å². The molecule has 1 aliphatic heterocycles. The van der Waals surface area contributed by atoms with Gasteiger partial charge in [-0.15, -0.1) is 0 Å². The van der Waals surface area contributed by atoms with Crippen molar-refractivity contribution in [2.75, 3.05) is 13.1 Å². The van der Waals surface area contributed by atoms with E-state index in [1.807, 2.05) is 13.0 Å². The van der Waals surface area contributed by atoms with Gasteiger partial charge in [0.2, 0.25) is 10.0 Å². The second-order valence-corrected chi connectivity index (χ2v) is 8.91. The Balaban J connectivity index is 1.97. The number of hydrogen-bond acceptors (Lipinski definition) is 4. The SMILES string of the molecule is CC[C@H]1CN(S(=O)(=O)C(C)C)CC[C@@H]1NCc1occc1C. The van der Waals surface area contributed by atoms with Crippen LogP contribution in [0.4, 0.5) is 0 Å². The van der Waals surface area contributed by atoms with Crippen LogP contribution < -0.4 is 5.32 Å². The zero-order chi connectivity index (χ0) is 16.3. The molecule has 1 aliphatic rings. The van der Waals surface area contributed by atoms with Crippen LogP contribution in [0.25, 0.3) is 0 Å². The fourth-order valence-electron chi connectivity index (χ4n) is 3.02. The van der Waals surface area contributed by atoms with E-state index in [2.05, 4.69) is 12.2 Å². The highest BCUT2D eigenvalue weighted by molar-refractivity contribution is 7.89. The van der Waals surface area contributed by atoms with Crippen molar-refractivity contribution in [3.8, 4) is 0 Å². The number of aryl methyl sites for hydroxylation is 1. The predicted molar refractivity (Wildman–Crippen MR) is 88.1 cm³/mol. The summed E-state index contributed by atoms with van der Waals surface area (Å²) in [5.41, 5.74) is 1.15. The predicted octanol–water partition coefficient (Wildman–Crippen LogP) is 2.52. The van der Waals surface area contributed by atoms with Crippen LogP contribution in [-0.4, -0.2) is 37.1 Å². The molecule has 2 heterocycles. The largest absolute Gasteiger partial charge is 0.468 e. The van der Waals surface area contributed by atoms with E-state index in [0.29, 0.717) is 31.6 Å². The van der Waals surface area contributed by atoms with Gasteiger partial charge in [0.15, 0.2) is 0 Å². The van der Waals surface area contributed by atoms with Crippen molar-refractivity contribution in [1.82, 2.24) is 9.62 Å². The number of hydrogen-bond donors (Lipinski definition) is 1. The van der Waals surface area contributed by atoms with Crippen LogP contribution in [0.15, 0.2) is 16.7 Å². The Morgan fingerprint density at radius 3 is 2.73 bits per heavy atom. The van der Waals surface area contributed by atoms with Gasteiger partial charge in [-0.3, -0.25) is 0 Å². The molecule has 2 atom stereocenters. The molecule has 1 aromatic heterocycles. The van der Waals surface area contributed by atoms with Gasteiger partial charge in [-0.05, 0) is 44.7 Å². The van der Waals surface area contributed by atoms with Gasteiger partial charge in [-0.2, -0.15) is 0 Å². The van der Waals surface area contributed by atoms with E-state index in [9.17, 15) is 8.42 Å². The quantitative estimate of drug-likeness (QED) is 0.871. The molecule has 0 spiro atoms. The monoisotopic (exact) mass is 328 g/mol. The molecular formula is C16H28N2O3S. The van der Waals surface area contributed by atoms with Crippen LogP contribution in [0.5, 0.6) is 0 Å². The van der Waals surface area contributed by atoms with Crippen molar-refractivity contribution in [3.05, 3.63) is 23.7 Å². The molecule has 0 amide bonds. The first-order valence-corrected chi connectivity index (χ1v) is 9.61. The molecule has 2 rings (SSSR count). The van der Waals surface area contributed by atoms with Crippen LogP contribution >= 0.6 is 0 Å². The van der Waals surface area contributed by atoms with Gasteiger partial charge in [0, 0.05) is 19.1 Å². The summed E-state index contributed by atoms with van der Waals surface area (Å²) >= 11 is 0. The summed E-state index contributed by atoms with van der Waals surface area (Å²) in [6, 6.07) is 2.31. The molecule has 0 aromatic carbocycles. The topological polar surface area (TPSA) is 62.6 Å². The lowest BCUT2D eigenvalue weighted by molar-refractivity contribution is 0.197. The fourth-order valence-corrected chi connectivity index (χ4v) is 4.37. The number of nitrogens with one attached hydrogen (secondary N) is 1. The van der Waals surface area contributed by atoms with Gasteiger partial charge in [0.05, 0.1) is 18.1 Å². The van der Waals surface area contributed by atoms with E-state index in [-0.39, 0.29) is 5.25 Å².